The third-order valence-electron chi connectivity index (χ3n) is 3.75. The molecule has 0 atom stereocenters. The molecule has 0 saturated heterocycles. The molecule has 0 unspecified atom stereocenters. The third kappa shape index (κ3) is 3.26. The summed E-state index contributed by atoms with van der Waals surface area (Å²) in [6.07, 6.45) is 1.96. The minimum Gasteiger partial charge on any atom is -0.491 e. The van der Waals surface area contributed by atoms with Crippen LogP contribution in [0.25, 0.3) is 0 Å². The van der Waals surface area contributed by atoms with Crippen molar-refractivity contribution in [3.05, 3.63) is 57.8 Å². The Morgan fingerprint density at radius 1 is 1.39 bits per heavy atom. The number of carbonyl (C=O) groups is 1. The topological polar surface area (TPSA) is 75.3 Å². The van der Waals surface area contributed by atoms with Crippen molar-refractivity contribution in [2.75, 3.05) is 6.54 Å². The molecule has 0 bridgehead atoms. The molecular formula is C17H19N3O3. The second-order valence-corrected chi connectivity index (χ2v) is 5.83. The summed E-state index contributed by atoms with van der Waals surface area (Å²) in [6.45, 7) is 4.75. The van der Waals surface area contributed by atoms with Crippen LogP contribution in [0.2, 0.25) is 0 Å². The van der Waals surface area contributed by atoms with Crippen LogP contribution < -0.4 is 10.3 Å². The largest absolute Gasteiger partial charge is 0.491 e. The standard InChI is InChI=1S/C17H19N3O3/c1-11(2)23-13-5-3-4-12(8-13)17(22)20-7-6-14-15(9-20)18-10-19-16(14)21/h3-5,8,10-11H,6-7,9H2,1-2H3,(H,18,19,21). The summed E-state index contributed by atoms with van der Waals surface area (Å²) in [5.74, 6) is 0.602. The fraction of sp³-hybridized carbons (Fsp3) is 0.353. The van der Waals surface area contributed by atoms with Crippen LogP contribution in [0.15, 0.2) is 35.4 Å². The van der Waals surface area contributed by atoms with Gasteiger partial charge in [-0.05, 0) is 38.5 Å². The molecule has 1 aliphatic heterocycles. The van der Waals surface area contributed by atoms with E-state index >= 15 is 0 Å². The molecule has 0 spiro atoms. The predicted octanol–water partition coefficient (Wildman–Crippen LogP) is 1.76. The normalized spacial score (nSPS) is 13.8. The number of amides is 1. The van der Waals surface area contributed by atoms with Gasteiger partial charge in [0.05, 0.1) is 24.7 Å². The Hall–Kier alpha value is -2.63. The molecule has 1 N–H and O–H groups in total. The van der Waals surface area contributed by atoms with Crippen LogP contribution in [0, 0.1) is 0 Å². The number of nitrogens with one attached hydrogen (secondary N) is 1. The second kappa shape index (κ2) is 6.24. The molecule has 0 saturated carbocycles. The first-order valence-electron chi connectivity index (χ1n) is 7.66. The number of hydrogen-bond acceptors (Lipinski definition) is 4. The van der Waals surface area contributed by atoms with E-state index in [1.54, 1.807) is 17.0 Å². The van der Waals surface area contributed by atoms with Crippen molar-refractivity contribution in [2.24, 2.45) is 0 Å². The Kier molecular flexibility index (Phi) is 4.14. The third-order valence-corrected chi connectivity index (χ3v) is 3.75. The molecule has 1 amide bonds. The van der Waals surface area contributed by atoms with Crippen LogP contribution in [-0.4, -0.2) is 33.4 Å². The molecule has 2 heterocycles. The monoisotopic (exact) mass is 313 g/mol. The average Bonchev–Trinajstić information content (AvgIpc) is 2.54. The highest BCUT2D eigenvalue weighted by atomic mass is 16.5. The van der Waals surface area contributed by atoms with Gasteiger partial charge < -0.3 is 14.6 Å². The van der Waals surface area contributed by atoms with Gasteiger partial charge in [0.2, 0.25) is 0 Å². The second-order valence-electron chi connectivity index (χ2n) is 5.83. The van der Waals surface area contributed by atoms with E-state index in [9.17, 15) is 9.59 Å². The van der Waals surface area contributed by atoms with Gasteiger partial charge in [0.1, 0.15) is 5.75 Å². The maximum atomic E-state index is 12.7. The molecule has 2 aromatic rings. The first kappa shape index (κ1) is 15.3. The summed E-state index contributed by atoms with van der Waals surface area (Å²) in [6, 6.07) is 7.18. The van der Waals surface area contributed by atoms with Crippen LogP contribution >= 0.6 is 0 Å². The van der Waals surface area contributed by atoms with E-state index in [1.807, 2.05) is 26.0 Å². The van der Waals surface area contributed by atoms with Gasteiger partial charge in [0.15, 0.2) is 0 Å². The number of H-pyrrole nitrogens is 1. The highest BCUT2D eigenvalue weighted by Gasteiger charge is 2.24. The maximum Gasteiger partial charge on any atom is 0.254 e. The summed E-state index contributed by atoms with van der Waals surface area (Å²) in [5.41, 5.74) is 1.81. The number of fused-ring (bicyclic) bond motifs is 1. The number of ether oxygens (including phenoxy) is 1. The molecule has 1 aliphatic rings. The van der Waals surface area contributed by atoms with E-state index in [0.717, 1.165) is 0 Å². The van der Waals surface area contributed by atoms with Crippen molar-refractivity contribution in [1.29, 1.82) is 0 Å². The van der Waals surface area contributed by atoms with Gasteiger partial charge in [-0.1, -0.05) is 6.07 Å². The zero-order chi connectivity index (χ0) is 16.4. The summed E-state index contributed by atoms with van der Waals surface area (Å²) >= 11 is 0. The lowest BCUT2D eigenvalue weighted by atomic mass is 10.1. The average molecular weight is 313 g/mol. The number of carbonyl (C=O) groups excluding carboxylic acids is 1. The number of aromatic amines is 1. The molecule has 0 aliphatic carbocycles. The van der Waals surface area contributed by atoms with Gasteiger partial charge in [-0.2, -0.15) is 0 Å². The van der Waals surface area contributed by atoms with E-state index < -0.39 is 0 Å². The fourth-order valence-electron chi connectivity index (χ4n) is 2.70. The summed E-state index contributed by atoms with van der Waals surface area (Å²) < 4.78 is 5.64. The van der Waals surface area contributed by atoms with Crippen molar-refractivity contribution in [3.8, 4) is 5.75 Å². The lowest BCUT2D eigenvalue weighted by Crippen LogP contribution is -2.38. The number of rotatable bonds is 3. The highest BCUT2D eigenvalue weighted by Crippen LogP contribution is 2.19. The first-order chi connectivity index (χ1) is 11.0. The van der Waals surface area contributed by atoms with Crippen molar-refractivity contribution < 1.29 is 9.53 Å². The van der Waals surface area contributed by atoms with Gasteiger partial charge in [-0.25, -0.2) is 4.98 Å². The lowest BCUT2D eigenvalue weighted by molar-refractivity contribution is 0.0730. The fourth-order valence-corrected chi connectivity index (χ4v) is 2.70. The zero-order valence-electron chi connectivity index (χ0n) is 13.2. The molecule has 23 heavy (non-hydrogen) atoms. The maximum absolute atomic E-state index is 12.7. The Bertz CT molecular complexity index is 783. The van der Waals surface area contributed by atoms with Gasteiger partial charge in [0.25, 0.3) is 11.5 Å². The molecule has 6 heteroatoms. The Morgan fingerprint density at radius 2 is 2.22 bits per heavy atom. The molecule has 6 nitrogen and oxygen atoms in total. The van der Waals surface area contributed by atoms with Crippen LogP contribution in [0.1, 0.15) is 35.5 Å². The van der Waals surface area contributed by atoms with Crippen molar-refractivity contribution in [3.63, 3.8) is 0 Å². The molecule has 120 valence electrons. The Morgan fingerprint density at radius 3 is 3.00 bits per heavy atom. The van der Waals surface area contributed by atoms with Crippen LogP contribution in [0.4, 0.5) is 0 Å². The quantitative estimate of drug-likeness (QED) is 0.937. The van der Waals surface area contributed by atoms with E-state index in [1.165, 1.54) is 6.33 Å². The molecule has 0 radical (unpaired) electrons. The van der Waals surface area contributed by atoms with E-state index in [2.05, 4.69) is 9.97 Å². The van der Waals surface area contributed by atoms with E-state index in [4.69, 9.17) is 4.74 Å². The summed E-state index contributed by atoms with van der Waals surface area (Å²) in [5, 5.41) is 0. The van der Waals surface area contributed by atoms with Crippen LogP contribution in [0.3, 0.4) is 0 Å². The van der Waals surface area contributed by atoms with Crippen molar-refractivity contribution >= 4 is 5.91 Å². The van der Waals surface area contributed by atoms with Gasteiger partial charge in [-0.15, -0.1) is 0 Å². The first-order valence-corrected chi connectivity index (χ1v) is 7.66. The molecule has 1 aromatic heterocycles. The summed E-state index contributed by atoms with van der Waals surface area (Å²) in [7, 11) is 0. The van der Waals surface area contributed by atoms with Gasteiger partial charge >= 0.3 is 0 Å². The van der Waals surface area contributed by atoms with Crippen molar-refractivity contribution in [1.82, 2.24) is 14.9 Å². The van der Waals surface area contributed by atoms with Crippen LogP contribution in [-0.2, 0) is 13.0 Å². The SMILES string of the molecule is CC(C)Oc1cccc(C(=O)N2CCc3c(nc[nH]c3=O)C2)c1. The minimum absolute atomic E-state index is 0.0538. The molecule has 3 rings (SSSR count). The highest BCUT2D eigenvalue weighted by molar-refractivity contribution is 5.94. The Balaban J connectivity index is 1.80. The zero-order valence-corrected chi connectivity index (χ0v) is 13.2. The predicted molar refractivity (Wildman–Crippen MR) is 85.5 cm³/mol. The van der Waals surface area contributed by atoms with Gasteiger partial charge in [-0.3, -0.25) is 9.59 Å². The number of benzene rings is 1. The minimum atomic E-state index is -0.116. The van der Waals surface area contributed by atoms with Crippen LogP contribution in [0.5, 0.6) is 5.75 Å². The number of hydrogen-bond donors (Lipinski definition) is 1. The van der Waals surface area contributed by atoms with Crippen molar-refractivity contribution in [2.45, 2.75) is 32.9 Å². The summed E-state index contributed by atoms with van der Waals surface area (Å²) in [4.78, 5) is 32.9. The molecular weight excluding hydrogens is 294 g/mol. The molecule has 0 fully saturated rings. The van der Waals surface area contributed by atoms with E-state index in [0.29, 0.717) is 42.1 Å². The van der Waals surface area contributed by atoms with E-state index in [-0.39, 0.29) is 17.6 Å². The molecule has 1 aromatic carbocycles. The van der Waals surface area contributed by atoms with Gasteiger partial charge in [0, 0.05) is 17.7 Å². The smallest absolute Gasteiger partial charge is 0.254 e. The number of nitrogens with zero attached hydrogens (tertiary/aromatic N) is 2. The number of aromatic nitrogens is 2. The Labute approximate surface area is 134 Å². The lowest BCUT2D eigenvalue weighted by Gasteiger charge is -2.27.